The maximum Gasteiger partial charge on any atom is 0.221 e. The van der Waals surface area contributed by atoms with Gasteiger partial charge in [-0.3, -0.25) is 14.7 Å². The molecule has 0 radical (unpaired) electrons. The zero-order valence-electron chi connectivity index (χ0n) is 18.1. The normalized spacial score (nSPS) is 17.7. The lowest BCUT2D eigenvalue weighted by molar-refractivity contribution is -0.123. The van der Waals surface area contributed by atoms with Crippen LogP contribution in [0.4, 0.5) is 0 Å². The third-order valence-corrected chi connectivity index (χ3v) is 6.48. The lowest BCUT2D eigenvalue weighted by Crippen LogP contribution is -2.40. The summed E-state index contributed by atoms with van der Waals surface area (Å²) >= 11 is 1.71. The molecule has 0 aliphatic carbocycles. The molecule has 1 aromatic carbocycles. The molecule has 3 rings (SSSR count). The fourth-order valence-corrected chi connectivity index (χ4v) is 4.71. The van der Waals surface area contributed by atoms with E-state index in [4.69, 9.17) is 5.73 Å². The largest absolute Gasteiger partial charge is 0.369 e. The van der Waals surface area contributed by atoms with E-state index in [0.717, 1.165) is 49.1 Å². The zero-order chi connectivity index (χ0) is 21.5. The van der Waals surface area contributed by atoms with Crippen LogP contribution in [0.25, 0.3) is 0 Å². The quantitative estimate of drug-likeness (QED) is 0.465. The molecule has 30 heavy (non-hydrogen) atoms. The summed E-state index contributed by atoms with van der Waals surface area (Å²) in [5.41, 5.74) is 9.02. The Kier molecular flexibility index (Phi) is 7.81. The number of carbonyl (C=O) groups excluding carboxylic acids is 1. The first-order valence-corrected chi connectivity index (χ1v) is 11.2. The molecule has 1 unspecified atom stereocenters. The first kappa shape index (κ1) is 22.2. The fourth-order valence-electron chi connectivity index (χ4n) is 3.84. The van der Waals surface area contributed by atoms with Crippen LogP contribution in [-0.4, -0.2) is 41.9 Å². The highest BCUT2D eigenvalue weighted by atomic mass is 32.1. The Morgan fingerprint density at radius 2 is 2.07 bits per heavy atom. The molecule has 1 aromatic heterocycles. The van der Waals surface area contributed by atoms with E-state index >= 15 is 0 Å². The number of nitrogens with one attached hydrogen (secondary N) is 2. The van der Waals surface area contributed by atoms with Crippen molar-refractivity contribution in [3.63, 3.8) is 0 Å². The molecule has 1 amide bonds. The molecule has 4 N–H and O–H groups in total. The van der Waals surface area contributed by atoms with Gasteiger partial charge in [0.25, 0.3) is 0 Å². The van der Waals surface area contributed by atoms with Crippen molar-refractivity contribution < 1.29 is 4.79 Å². The van der Waals surface area contributed by atoms with Gasteiger partial charge in [0.15, 0.2) is 5.96 Å². The number of guanidine groups is 1. The number of piperidine rings is 1. The Balaban J connectivity index is 1.51. The van der Waals surface area contributed by atoms with E-state index < -0.39 is 0 Å². The SMILES string of the molecule is CN=C(NCc1cccc(CN2CCCC(C(N)=O)C2)c1)NCc1sc(C)nc1C. The number of likely N-dealkylation sites (tertiary alicyclic amines) is 1. The van der Waals surface area contributed by atoms with E-state index in [1.165, 1.54) is 16.0 Å². The summed E-state index contributed by atoms with van der Waals surface area (Å²) in [5.74, 6) is 0.565. The van der Waals surface area contributed by atoms with Crippen LogP contribution in [0.15, 0.2) is 29.3 Å². The van der Waals surface area contributed by atoms with Crippen LogP contribution in [0.3, 0.4) is 0 Å². The molecular formula is C22H32N6OS. The number of carbonyl (C=O) groups is 1. The Morgan fingerprint density at radius 1 is 1.30 bits per heavy atom. The summed E-state index contributed by atoms with van der Waals surface area (Å²) in [4.78, 5) is 23.9. The van der Waals surface area contributed by atoms with Gasteiger partial charge in [0.2, 0.25) is 5.91 Å². The molecule has 2 aromatic rings. The number of hydrogen-bond acceptors (Lipinski definition) is 5. The van der Waals surface area contributed by atoms with Crippen molar-refractivity contribution in [2.24, 2.45) is 16.6 Å². The number of aromatic nitrogens is 1. The molecule has 7 nitrogen and oxygen atoms in total. The summed E-state index contributed by atoms with van der Waals surface area (Å²) in [5, 5.41) is 7.83. The lowest BCUT2D eigenvalue weighted by Gasteiger charge is -2.31. The first-order valence-electron chi connectivity index (χ1n) is 10.4. The molecule has 1 aliphatic rings. The number of nitrogens with two attached hydrogens (primary N) is 1. The van der Waals surface area contributed by atoms with Gasteiger partial charge in [0.1, 0.15) is 0 Å². The van der Waals surface area contributed by atoms with Crippen LogP contribution in [0.2, 0.25) is 0 Å². The summed E-state index contributed by atoms with van der Waals surface area (Å²) in [6.07, 6.45) is 1.93. The van der Waals surface area contributed by atoms with Crippen molar-refractivity contribution >= 4 is 23.2 Å². The van der Waals surface area contributed by atoms with Crippen LogP contribution < -0.4 is 16.4 Å². The van der Waals surface area contributed by atoms with E-state index in [1.54, 1.807) is 18.4 Å². The zero-order valence-corrected chi connectivity index (χ0v) is 18.9. The van der Waals surface area contributed by atoms with E-state index in [-0.39, 0.29) is 11.8 Å². The minimum Gasteiger partial charge on any atom is -0.369 e. The summed E-state index contributed by atoms with van der Waals surface area (Å²) < 4.78 is 0. The van der Waals surface area contributed by atoms with Gasteiger partial charge in [-0.15, -0.1) is 11.3 Å². The molecule has 8 heteroatoms. The van der Waals surface area contributed by atoms with Crippen molar-refractivity contribution in [3.8, 4) is 0 Å². The fraction of sp³-hybridized carbons (Fsp3) is 0.500. The second-order valence-corrected chi connectivity index (χ2v) is 9.11. The van der Waals surface area contributed by atoms with Crippen molar-refractivity contribution in [1.29, 1.82) is 0 Å². The Morgan fingerprint density at radius 3 is 2.77 bits per heavy atom. The van der Waals surface area contributed by atoms with Gasteiger partial charge in [-0.05, 0) is 44.4 Å². The molecule has 1 atom stereocenters. The number of aryl methyl sites for hydroxylation is 2. The van der Waals surface area contributed by atoms with E-state index in [1.807, 2.05) is 13.8 Å². The van der Waals surface area contributed by atoms with Gasteiger partial charge in [-0.2, -0.15) is 0 Å². The van der Waals surface area contributed by atoms with E-state index in [9.17, 15) is 4.79 Å². The maximum atomic E-state index is 11.5. The predicted molar refractivity (Wildman–Crippen MR) is 122 cm³/mol. The molecule has 1 aliphatic heterocycles. The van der Waals surface area contributed by atoms with Crippen LogP contribution in [0.1, 0.15) is 39.5 Å². The van der Waals surface area contributed by atoms with E-state index in [2.05, 4.69) is 49.8 Å². The van der Waals surface area contributed by atoms with Crippen molar-refractivity contribution in [1.82, 2.24) is 20.5 Å². The lowest BCUT2D eigenvalue weighted by atomic mass is 9.97. The molecule has 0 spiro atoms. The summed E-state index contributed by atoms with van der Waals surface area (Å²) in [6.45, 7) is 8.08. The average molecular weight is 429 g/mol. The number of aliphatic imine (C=N–C) groups is 1. The number of primary amides is 1. The van der Waals surface area contributed by atoms with Gasteiger partial charge < -0.3 is 16.4 Å². The van der Waals surface area contributed by atoms with Crippen molar-refractivity contribution in [3.05, 3.63) is 51.0 Å². The Bertz CT molecular complexity index is 894. The van der Waals surface area contributed by atoms with Crippen LogP contribution >= 0.6 is 11.3 Å². The second kappa shape index (κ2) is 10.5. The van der Waals surface area contributed by atoms with Crippen LogP contribution in [0.5, 0.6) is 0 Å². The highest BCUT2D eigenvalue weighted by Gasteiger charge is 2.23. The van der Waals surface area contributed by atoms with E-state index in [0.29, 0.717) is 13.1 Å². The van der Waals surface area contributed by atoms with Gasteiger partial charge in [-0.25, -0.2) is 4.98 Å². The number of benzene rings is 1. The van der Waals surface area contributed by atoms with Crippen molar-refractivity contribution in [2.45, 2.75) is 46.3 Å². The molecule has 0 saturated carbocycles. The molecule has 2 heterocycles. The monoisotopic (exact) mass is 428 g/mol. The predicted octanol–water partition coefficient (Wildman–Crippen LogP) is 2.32. The highest BCUT2D eigenvalue weighted by molar-refractivity contribution is 7.11. The van der Waals surface area contributed by atoms with Gasteiger partial charge >= 0.3 is 0 Å². The Hall–Kier alpha value is -2.45. The van der Waals surface area contributed by atoms with Crippen LogP contribution in [0, 0.1) is 19.8 Å². The van der Waals surface area contributed by atoms with Crippen LogP contribution in [-0.2, 0) is 24.4 Å². The van der Waals surface area contributed by atoms with Gasteiger partial charge in [0, 0.05) is 31.6 Å². The number of thiazole rings is 1. The third-order valence-electron chi connectivity index (χ3n) is 5.41. The number of amides is 1. The molecule has 1 fully saturated rings. The van der Waals surface area contributed by atoms with Gasteiger partial charge in [-0.1, -0.05) is 24.3 Å². The van der Waals surface area contributed by atoms with Crippen molar-refractivity contribution in [2.75, 3.05) is 20.1 Å². The minimum atomic E-state index is -0.180. The molecule has 1 saturated heterocycles. The summed E-state index contributed by atoms with van der Waals surface area (Å²) in [6, 6.07) is 8.55. The number of rotatable bonds is 7. The number of nitrogens with zero attached hydrogens (tertiary/aromatic N) is 3. The molecule has 0 bridgehead atoms. The standard InChI is InChI=1S/C22H32N6OS/c1-15-20(30-16(2)27-15)12-26-22(24-3)25-11-17-6-4-7-18(10-17)13-28-9-5-8-19(14-28)21(23)29/h4,6-7,10,19H,5,8-9,11-14H2,1-3H3,(H2,23,29)(H2,24,25,26). The Labute approximate surface area is 182 Å². The smallest absolute Gasteiger partial charge is 0.221 e. The minimum absolute atomic E-state index is 0.0241. The second-order valence-electron chi connectivity index (χ2n) is 7.82. The topological polar surface area (TPSA) is 95.6 Å². The third kappa shape index (κ3) is 6.27. The first-order chi connectivity index (χ1) is 14.4. The maximum absolute atomic E-state index is 11.5. The highest BCUT2D eigenvalue weighted by Crippen LogP contribution is 2.19. The average Bonchev–Trinajstić information content (AvgIpc) is 3.05. The molecular weight excluding hydrogens is 396 g/mol. The van der Waals surface area contributed by atoms with Gasteiger partial charge in [0.05, 0.1) is 23.2 Å². The number of hydrogen-bond donors (Lipinski definition) is 3. The molecule has 162 valence electrons. The summed E-state index contributed by atoms with van der Waals surface area (Å²) in [7, 11) is 1.78.